The van der Waals surface area contributed by atoms with E-state index >= 15 is 0 Å². The van der Waals surface area contributed by atoms with Crippen molar-refractivity contribution in [3.8, 4) is 0 Å². The van der Waals surface area contributed by atoms with Crippen LogP contribution in [0.1, 0.15) is 32.6 Å². The minimum atomic E-state index is 0.254. The Kier molecular flexibility index (Phi) is 2.25. The van der Waals surface area contributed by atoms with E-state index in [0.717, 1.165) is 6.42 Å². The molecular formula is C9H14O. The first-order valence-electron chi connectivity index (χ1n) is 3.89. The molecule has 10 heavy (non-hydrogen) atoms. The maximum Gasteiger partial charge on any atom is 0.158 e. The highest BCUT2D eigenvalue weighted by Crippen LogP contribution is 2.30. The molecule has 56 valence electrons. The van der Waals surface area contributed by atoms with Crippen LogP contribution in [-0.2, 0) is 4.79 Å². The van der Waals surface area contributed by atoms with Crippen molar-refractivity contribution in [3.05, 3.63) is 12.2 Å². The van der Waals surface area contributed by atoms with Crippen LogP contribution in [0.15, 0.2) is 12.2 Å². The molecule has 1 aliphatic rings. The van der Waals surface area contributed by atoms with Crippen LogP contribution in [0, 0.1) is 5.92 Å². The van der Waals surface area contributed by atoms with Gasteiger partial charge in [0.05, 0.1) is 0 Å². The fraction of sp³-hybridized carbons (Fsp3) is 0.667. The Hall–Kier alpha value is -0.590. The fourth-order valence-electron chi connectivity index (χ4n) is 1.13. The summed E-state index contributed by atoms with van der Waals surface area (Å²) >= 11 is 0. The quantitative estimate of drug-likeness (QED) is 0.547. The van der Waals surface area contributed by atoms with E-state index in [4.69, 9.17) is 0 Å². The summed E-state index contributed by atoms with van der Waals surface area (Å²) in [5.41, 5.74) is 0.715. The van der Waals surface area contributed by atoms with Gasteiger partial charge < -0.3 is 0 Å². The third kappa shape index (κ3) is 1.69. The van der Waals surface area contributed by atoms with Crippen LogP contribution in [0.25, 0.3) is 0 Å². The third-order valence-electron chi connectivity index (χ3n) is 2.17. The Morgan fingerprint density at radius 3 is 2.50 bits per heavy atom. The first-order valence-corrected chi connectivity index (χ1v) is 3.89. The number of carbonyl (C=O) groups excluding carboxylic acids is 1. The van der Waals surface area contributed by atoms with Crippen molar-refractivity contribution in [2.24, 2.45) is 5.92 Å². The second-order valence-corrected chi connectivity index (χ2v) is 3.20. The molecule has 0 amide bonds. The molecular weight excluding hydrogens is 124 g/mol. The van der Waals surface area contributed by atoms with Gasteiger partial charge in [0.15, 0.2) is 5.78 Å². The maximum absolute atomic E-state index is 11.0. The monoisotopic (exact) mass is 138 g/mol. The highest BCUT2D eigenvalue weighted by Gasteiger charge is 2.20. The Labute approximate surface area is 62.1 Å². The van der Waals surface area contributed by atoms with Crippen LogP contribution < -0.4 is 0 Å². The molecule has 0 aromatic carbocycles. The van der Waals surface area contributed by atoms with Gasteiger partial charge in [-0.3, -0.25) is 4.79 Å². The van der Waals surface area contributed by atoms with Gasteiger partial charge in [0.1, 0.15) is 0 Å². The predicted molar refractivity (Wildman–Crippen MR) is 41.8 cm³/mol. The van der Waals surface area contributed by atoms with Gasteiger partial charge in [-0.15, -0.1) is 0 Å². The van der Waals surface area contributed by atoms with E-state index in [1.165, 1.54) is 19.3 Å². The van der Waals surface area contributed by atoms with Gasteiger partial charge in [0.2, 0.25) is 0 Å². The van der Waals surface area contributed by atoms with Gasteiger partial charge in [-0.1, -0.05) is 25.8 Å². The van der Waals surface area contributed by atoms with Crippen molar-refractivity contribution in [1.29, 1.82) is 0 Å². The normalized spacial score (nSPS) is 18.1. The van der Waals surface area contributed by atoms with Crippen LogP contribution in [0.2, 0.25) is 0 Å². The fourth-order valence-corrected chi connectivity index (χ4v) is 1.13. The van der Waals surface area contributed by atoms with E-state index < -0.39 is 0 Å². The van der Waals surface area contributed by atoms with E-state index in [-0.39, 0.29) is 5.78 Å². The van der Waals surface area contributed by atoms with Crippen molar-refractivity contribution in [3.63, 3.8) is 0 Å². The molecule has 1 fully saturated rings. The molecule has 0 bridgehead atoms. The van der Waals surface area contributed by atoms with Crippen LogP contribution in [0.3, 0.4) is 0 Å². The number of ketones is 1. The first-order chi connectivity index (χ1) is 4.70. The zero-order valence-electron chi connectivity index (χ0n) is 6.52. The molecule has 0 radical (unpaired) electrons. The van der Waals surface area contributed by atoms with Crippen molar-refractivity contribution in [1.82, 2.24) is 0 Å². The Balaban J connectivity index is 2.23. The Bertz CT molecular complexity index is 154. The second-order valence-electron chi connectivity index (χ2n) is 3.20. The first kappa shape index (κ1) is 7.52. The molecule has 1 heteroatoms. The predicted octanol–water partition coefficient (Wildman–Crippen LogP) is 2.32. The van der Waals surface area contributed by atoms with Gasteiger partial charge in [-0.05, 0) is 18.4 Å². The molecule has 0 spiro atoms. The lowest BCUT2D eigenvalue weighted by molar-refractivity contribution is -0.116. The molecule has 0 aromatic heterocycles. The summed E-state index contributed by atoms with van der Waals surface area (Å²) in [7, 11) is 0. The van der Waals surface area contributed by atoms with Gasteiger partial charge >= 0.3 is 0 Å². The standard InChI is InChI=1S/C9H14O/c1-7(2)9(10)6-8-4-3-5-8/h8H,1,3-6H2,2H3. The number of hydrogen-bond donors (Lipinski definition) is 0. The molecule has 1 saturated carbocycles. The maximum atomic E-state index is 11.0. The molecule has 0 aliphatic heterocycles. The average Bonchev–Trinajstić information content (AvgIpc) is 1.77. The van der Waals surface area contributed by atoms with E-state index in [2.05, 4.69) is 6.58 Å². The van der Waals surface area contributed by atoms with Crippen LogP contribution in [-0.4, -0.2) is 5.78 Å². The highest BCUT2D eigenvalue weighted by atomic mass is 16.1. The third-order valence-corrected chi connectivity index (χ3v) is 2.17. The largest absolute Gasteiger partial charge is 0.295 e. The molecule has 1 aliphatic carbocycles. The van der Waals surface area contributed by atoms with Crippen LogP contribution in [0.5, 0.6) is 0 Å². The highest BCUT2D eigenvalue weighted by molar-refractivity contribution is 5.94. The summed E-state index contributed by atoms with van der Waals surface area (Å²) in [5.74, 6) is 0.939. The summed E-state index contributed by atoms with van der Waals surface area (Å²) in [6, 6.07) is 0. The van der Waals surface area contributed by atoms with Gasteiger partial charge in [-0.2, -0.15) is 0 Å². The summed E-state index contributed by atoms with van der Waals surface area (Å²) in [5, 5.41) is 0. The molecule has 0 unspecified atom stereocenters. The van der Waals surface area contributed by atoms with Crippen molar-refractivity contribution < 1.29 is 4.79 Å². The number of hydrogen-bond acceptors (Lipinski definition) is 1. The van der Waals surface area contributed by atoms with Crippen molar-refractivity contribution in [2.75, 3.05) is 0 Å². The minimum absolute atomic E-state index is 0.254. The van der Waals surface area contributed by atoms with E-state index in [1.807, 2.05) is 0 Å². The lowest BCUT2D eigenvalue weighted by Gasteiger charge is -2.24. The summed E-state index contributed by atoms with van der Waals surface area (Å²) in [6.07, 6.45) is 4.56. The molecule has 1 nitrogen and oxygen atoms in total. The lowest BCUT2D eigenvalue weighted by atomic mass is 9.81. The second kappa shape index (κ2) is 3.00. The summed E-state index contributed by atoms with van der Waals surface area (Å²) < 4.78 is 0. The van der Waals surface area contributed by atoms with E-state index in [1.54, 1.807) is 6.92 Å². The molecule has 0 N–H and O–H groups in total. The van der Waals surface area contributed by atoms with E-state index in [9.17, 15) is 4.79 Å². The van der Waals surface area contributed by atoms with Crippen molar-refractivity contribution in [2.45, 2.75) is 32.6 Å². The smallest absolute Gasteiger partial charge is 0.158 e. The average molecular weight is 138 g/mol. The molecule has 1 rings (SSSR count). The number of Topliss-reactive ketones (excluding diaryl/α,β-unsaturated/α-hetero) is 1. The number of rotatable bonds is 3. The molecule has 0 aromatic rings. The van der Waals surface area contributed by atoms with Crippen LogP contribution >= 0.6 is 0 Å². The SMILES string of the molecule is C=C(C)C(=O)CC1CCC1. The van der Waals surface area contributed by atoms with E-state index in [0.29, 0.717) is 11.5 Å². The zero-order valence-corrected chi connectivity index (χ0v) is 6.52. The summed E-state index contributed by atoms with van der Waals surface area (Å²) in [4.78, 5) is 11.0. The molecule has 0 saturated heterocycles. The zero-order chi connectivity index (χ0) is 7.56. The van der Waals surface area contributed by atoms with Gasteiger partial charge in [0.25, 0.3) is 0 Å². The Morgan fingerprint density at radius 1 is 1.60 bits per heavy atom. The lowest BCUT2D eigenvalue weighted by Crippen LogP contribution is -2.15. The summed E-state index contributed by atoms with van der Waals surface area (Å²) in [6.45, 7) is 5.41. The Morgan fingerprint density at radius 2 is 2.20 bits per heavy atom. The van der Waals surface area contributed by atoms with Crippen molar-refractivity contribution >= 4 is 5.78 Å². The number of carbonyl (C=O) groups is 1. The van der Waals surface area contributed by atoms with Crippen LogP contribution in [0.4, 0.5) is 0 Å². The van der Waals surface area contributed by atoms with Gasteiger partial charge in [-0.25, -0.2) is 0 Å². The topological polar surface area (TPSA) is 17.1 Å². The minimum Gasteiger partial charge on any atom is -0.295 e. The molecule has 0 heterocycles. The van der Waals surface area contributed by atoms with Gasteiger partial charge in [0, 0.05) is 6.42 Å². The molecule has 0 atom stereocenters. The number of allylic oxidation sites excluding steroid dienone is 1.